The second-order valence-electron chi connectivity index (χ2n) is 6.33. The quantitative estimate of drug-likeness (QED) is 0.638. The SMILES string of the molecule is CB(O)N1CCC(CC(=O)c2cc(-c3ccc(Cl)c(Cl)c3)ncn2)C1. The third-order valence-electron chi connectivity index (χ3n) is 4.49. The van der Waals surface area contributed by atoms with Crippen LogP contribution in [0.5, 0.6) is 0 Å². The Kier molecular flexibility index (Phi) is 5.74. The molecule has 0 bridgehead atoms. The summed E-state index contributed by atoms with van der Waals surface area (Å²) in [6.45, 7) is 3.29. The highest BCUT2D eigenvalue weighted by atomic mass is 35.5. The molecule has 1 atom stereocenters. The van der Waals surface area contributed by atoms with Crippen LogP contribution in [0.2, 0.25) is 16.9 Å². The number of benzene rings is 1. The molecule has 8 heteroatoms. The molecule has 0 aliphatic carbocycles. The Labute approximate surface area is 157 Å². The highest BCUT2D eigenvalue weighted by molar-refractivity contribution is 6.45. The average Bonchev–Trinajstić information content (AvgIpc) is 3.06. The Morgan fingerprint density at radius 3 is 2.80 bits per heavy atom. The van der Waals surface area contributed by atoms with Crippen LogP contribution in [-0.2, 0) is 0 Å². The number of carbonyl (C=O) groups is 1. The zero-order chi connectivity index (χ0) is 18.0. The maximum Gasteiger partial charge on any atom is 0.376 e. The minimum atomic E-state index is -0.472. The molecule has 25 heavy (non-hydrogen) atoms. The van der Waals surface area contributed by atoms with Gasteiger partial charge in [-0.25, -0.2) is 9.97 Å². The van der Waals surface area contributed by atoms with Crippen molar-refractivity contribution in [2.45, 2.75) is 19.7 Å². The maximum atomic E-state index is 12.6. The number of hydrogen-bond acceptors (Lipinski definition) is 5. The van der Waals surface area contributed by atoms with Crippen molar-refractivity contribution < 1.29 is 9.82 Å². The molecule has 5 nitrogen and oxygen atoms in total. The van der Waals surface area contributed by atoms with Gasteiger partial charge in [-0.2, -0.15) is 0 Å². The zero-order valence-electron chi connectivity index (χ0n) is 13.8. The molecule has 0 amide bonds. The number of aromatic nitrogens is 2. The lowest BCUT2D eigenvalue weighted by molar-refractivity contribution is 0.0958. The summed E-state index contributed by atoms with van der Waals surface area (Å²) < 4.78 is 0. The fraction of sp³-hybridized carbons (Fsp3) is 0.353. The van der Waals surface area contributed by atoms with Gasteiger partial charge in [-0.3, -0.25) is 4.79 Å². The monoisotopic (exact) mass is 377 g/mol. The molecule has 3 rings (SSSR count). The van der Waals surface area contributed by atoms with Crippen LogP contribution < -0.4 is 0 Å². The van der Waals surface area contributed by atoms with Crippen molar-refractivity contribution in [1.82, 2.24) is 14.8 Å². The van der Waals surface area contributed by atoms with Crippen LogP contribution in [0, 0.1) is 5.92 Å². The second-order valence-corrected chi connectivity index (χ2v) is 7.14. The van der Waals surface area contributed by atoms with E-state index < -0.39 is 7.05 Å². The van der Waals surface area contributed by atoms with E-state index in [1.807, 2.05) is 10.9 Å². The molecule has 0 spiro atoms. The van der Waals surface area contributed by atoms with Crippen LogP contribution in [0.25, 0.3) is 11.3 Å². The Morgan fingerprint density at radius 1 is 1.32 bits per heavy atom. The van der Waals surface area contributed by atoms with Gasteiger partial charge in [0.25, 0.3) is 0 Å². The predicted molar refractivity (Wildman–Crippen MR) is 100.0 cm³/mol. The van der Waals surface area contributed by atoms with Crippen LogP contribution in [-0.4, -0.2) is 45.7 Å². The van der Waals surface area contributed by atoms with Crippen molar-refractivity contribution in [1.29, 1.82) is 0 Å². The van der Waals surface area contributed by atoms with Crippen molar-refractivity contribution in [3.05, 3.63) is 46.3 Å². The zero-order valence-corrected chi connectivity index (χ0v) is 15.3. The van der Waals surface area contributed by atoms with Gasteiger partial charge in [-0.05, 0) is 50.5 Å². The molecule has 1 saturated heterocycles. The highest BCUT2D eigenvalue weighted by Crippen LogP contribution is 2.28. The first-order valence-electron chi connectivity index (χ1n) is 8.17. The Morgan fingerprint density at radius 2 is 2.12 bits per heavy atom. The Bertz CT molecular complexity index is 788. The summed E-state index contributed by atoms with van der Waals surface area (Å²) in [4.78, 5) is 22.9. The highest BCUT2D eigenvalue weighted by Gasteiger charge is 2.29. The third-order valence-corrected chi connectivity index (χ3v) is 5.23. The summed E-state index contributed by atoms with van der Waals surface area (Å²) in [6.07, 6.45) is 2.71. The number of rotatable bonds is 5. The minimum absolute atomic E-state index is 0.0128. The lowest BCUT2D eigenvalue weighted by Gasteiger charge is -2.15. The van der Waals surface area contributed by atoms with Crippen LogP contribution in [0.4, 0.5) is 0 Å². The molecule has 0 saturated carbocycles. The number of ketones is 1. The first-order valence-corrected chi connectivity index (χ1v) is 8.92. The van der Waals surface area contributed by atoms with Gasteiger partial charge in [0.1, 0.15) is 12.0 Å². The van der Waals surface area contributed by atoms with E-state index in [-0.39, 0.29) is 11.7 Å². The van der Waals surface area contributed by atoms with E-state index in [4.69, 9.17) is 23.2 Å². The second kappa shape index (κ2) is 7.83. The number of hydrogen-bond donors (Lipinski definition) is 1. The van der Waals surface area contributed by atoms with Gasteiger partial charge < -0.3 is 9.83 Å². The molecule has 1 aromatic heterocycles. The van der Waals surface area contributed by atoms with Crippen LogP contribution in [0.3, 0.4) is 0 Å². The van der Waals surface area contributed by atoms with Gasteiger partial charge in [-0.15, -0.1) is 0 Å². The molecule has 0 radical (unpaired) electrons. The van der Waals surface area contributed by atoms with Gasteiger partial charge in [0, 0.05) is 12.0 Å². The topological polar surface area (TPSA) is 66.3 Å². The van der Waals surface area contributed by atoms with Crippen LogP contribution in [0.1, 0.15) is 23.3 Å². The molecular weight excluding hydrogens is 360 g/mol. The van der Waals surface area contributed by atoms with Gasteiger partial charge >= 0.3 is 7.05 Å². The van der Waals surface area contributed by atoms with Gasteiger partial charge in [0.05, 0.1) is 15.7 Å². The van der Waals surface area contributed by atoms with Crippen LogP contribution in [0.15, 0.2) is 30.6 Å². The van der Waals surface area contributed by atoms with E-state index in [2.05, 4.69) is 9.97 Å². The molecule has 2 aromatic rings. The van der Waals surface area contributed by atoms with Crippen molar-refractivity contribution in [3.63, 3.8) is 0 Å². The van der Waals surface area contributed by atoms with Crippen molar-refractivity contribution >= 4 is 36.0 Å². The van der Waals surface area contributed by atoms with Crippen LogP contribution >= 0.6 is 23.2 Å². The molecule has 2 heterocycles. The first-order chi connectivity index (χ1) is 11.9. The lowest BCUT2D eigenvalue weighted by atomic mass is 9.85. The normalized spacial score (nSPS) is 17.7. The largest absolute Gasteiger partial charge is 0.437 e. The molecule has 1 N–H and O–H groups in total. The summed E-state index contributed by atoms with van der Waals surface area (Å²) in [7, 11) is -0.472. The summed E-state index contributed by atoms with van der Waals surface area (Å²) in [5.74, 6) is 0.228. The molecule has 1 unspecified atom stereocenters. The smallest absolute Gasteiger partial charge is 0.376 e. The molecule has 1 aliphatic rings. The molecule has 130 valence electrons. The fourth-order valence-corrected chi connectivity index (χ4v) is 3.36. The summed E-state index contributed by atoms with van der Waals surface area (Å²) in [5, 5.41) is 10.5. The maximum absolute atomic E-state index is 12.6. The standard InChI is InChI=1S/C17H18BCl2N3O2/c1-18(25)23-5-4-11(9-23)6-17(24)16-8-15(21-10-22-16)12-2-3-13(19)14(20)7-12/h2-3,7-8,10-11,25H,4-6,9H2,1H3. The fourth-order valence-electron chi connectivity index (χ4n) is 3.06. The number of nitrogens with zero attached hydrogens (tertiary/aromatic N) is 3. The Hall–Kier alpha value is -1.47. The summed E-state index contributed by atoms with van der Waals surface area (Å²) in [5.41, 5.74) is 1.81. The van der Waals surface area contributed by atoms with E-state index >= 15 is 0 Å². The first kappa shape index (κ1) is 18.3. The van der Waals surface area contributed by atoms with Gasteiger partial charge in [0.2, 0.25) is 0 Å². The third kappa shape index (κ3) is 4.39. The predicted octanol–water partition coefficient (Wildman–Crippen LogP) is 3.46. The van der Waals surface area contributed by atoms with E-state index in [1.54, 1.807) is 25.0 Å². The van der Waals surface area contributed by atoms with E-state index in [1.165, 1.54) is 6.33 Å². The molecule has 1 aromatic carbocycles. The van der Waals surface area contributed by atoms with Crippen molar-refractivity contribution in [2.24, 2.45) is 5.92 Å². The molecule has 1 aliphatic heterocycles. The summed E-state index contributed by atoms with van der Waals surface area (Å²) >= 11 is 12.0. The lowest BCUT2D eigenvalue weighted by Crippen LogP contribution is -2.35. The Balaban J connectivity index is 1.73. The molecular formula is C17H18BCl2N3O2. The van der Waals surface area contributed by atoms with Gasteiger partial charge in [0.15, 0.2) is 5.78 Å². The number of carbonyl (C=O) groups excluding carboxylic acids is 1. The summed E-state index contributed by atoms with van der Waals surface area (Å²) in [6, 6.07) is 6.91. The van der Waals surface area contributed by atoms with E-state index in [0.29, 0.717) is 27.9 Å². The number of halogens is 2. The van der Waals surface area contributed by atoms with Gasteiger partial charge in [-0.1, -0.05) is 29.3 Å². The van der Waals surface area contributed by atoms with E-state index in [9.17, 15) is 9.82 Å². The van der Waals surface area contributed by atoms with Crippen molar-refractivity contribution in [3.8, 4) is 11.3 Å². The van der Waals surface area contributed by atoms with Crippen molar-refractivity contribution in [2.75, 3.05) is 13.1 Å². The number of Topliss-reactive ketones (excluding diaryl/α,β-unsaturated/α-hetero) is 1. The average molecular weight is 378 g/mol. The molecule has 1 fully saturated rings. The van der Waals surface area contributed by atoms with E-state index in [0.717, 1.165) is 25.1 Å². The minimum Gasteiger partial charge on any atom is -0.437 e.